The van der Waals surface area contributed by atoms with E-state index in [0.717, 1.165) is 26.2 Å². The molecule has 0 saturated carbocycles. The summed E-state index contributed by atoms with van der Waals surface area (Å²) in [5.41, 5.74) is 6.09. The van der Waals surface area contributed by atoms with Crippen LogP contribution in [0, 0.1) is 5.41 Å². The van der Waals surface area contributed by atoms with E-state index in [1.165, 1.54) is 6.42 Å². The van der Waals surface area contributed by atoms with Crippen molar-refractivity contribution in [2.75, 3.05) is 26.2 Å². The maximum atomic E-state index is 12.2. The molecule has 1 saturated heterocycles. The van der Waals surface area contributed by atoms with Crippen molar-refractivity contribution in [2.45, 2.75) is 59.5 Å². The topological polar surface area (TPSA) is 49.6 Å². The number of carbonyl (C=O) groups is 1. The predicted molar refractivity (Wildman–Crippen MR) is 80.0 cm³/mol. The number of amides is 1. The number of hydrogen-bond donors (Lipinski definition) is 1. The lowest BCUT2D eigenvalue weighted by molar-refractivity contribution is -0.134. The Labute approximate surface area is 118 Å². The highest BCUT2D eigenvalue weighted by Crippen LogP contribution is 2.21. The maximum Gasteiger partial charge on any atom is 0.224 e. The minimum Gasteiger partial charge on any atom is -0.340 e. The van der Waals surface area contributed by atoms with Crippen LogP contribution >= 0.6 is 0 Å². The number of nitrogens with two attached hydrogens (primary N) is 1. The molecule has 0 radical (unpaired) electrons. The fourth-order valence-electron chi connectivity index (χ4n) is 2.29. The van der Waals surface area contributed by atoms with Gasteiger partial charge in [-0.1, -0.05) is 27.7 Å². The van der Waals surface area contributed by atoms with E-state index in [1.807, 2.05) is 4.90 Å². The van der Waals surface area contributed by atoms with Crippen molar-refractivity contribution in [1.82, 2.24) is 9.80 Å². The molecule has 1 amide bonds. The Balaban J connectivity index is 2.41. The Bertz CT molecular complexity index is 290. The van der Waals surface area contributed by atoms with E-state index in [2.05, 4.69) is 39.5 Å². The third-order valence-corrected chi connectivity index (χ3v) is 4.39. The van der Waals surface area contributed by atoms with Crippen LogP contribution in [0.15, 0.2) is 0 Å². The van der Waals surface area contributed by atoms with Crippen molar-refractivity contribution in [3.63, 3.8) is 0 Å². The highest BCUT2D eigenvalue weighted by atomic mass is 16.2. The van der Waals surface area contributed by atoms with Gasteiger partial charge in [0.05, 0.1) is 0 Å². The normalized spacial score (nSPS) is 21.3. The molecular formula is C15H31N3O. The average Bonchev–Trinajstić information content (AvgIpc) is 2.36. The van der Waals surface area contributed by atoms with Crippen LogP contribution in [0.3, 0.4) is 0 Å². The molecule has 1 aliphatic heterocycles. The van der Waals surface area contributed by atoms with Gasteiger partial charge in [0.15, 0.2) is 0 Å². The van der Waals surface area contributed by atoms with Crippen molar-refractivity contribution in [1.29, 1.82) is 0 Å². The molecule has 1 aliphatic rings. The molecule has 0 aromatic carbocycles. The van der Waals surface area contributed by atoms with Crippen molar-refractivity contribution in [2.24, 2.45) is 11.1 Å². The molecule has 1 rings (SSSR count). The molecule has 4 heteroatoms. The van der Waals surface area contributed by atoms with Crippen LogP contribution < -0.4 is 5.73 Å². The molecular weight excluding hydrogens is 238 g/mol. The standard InChI is InChI=1S/C15H31N3O/c1-6-12(2)17-7-9-18(10-8-17)14(19)11-13(16)15(3,4)5/h12-13H,6-11,16H2,1-5H3. The van der Waals surface area contributed by atoms with Gasteiger partial charge in [0, 0.05) is 44.7 Å². The van der Waals surface area contributed by atoms with E-state index in [9.17, 15) is 4.79 Å². The summed E-state index contributed by atoms with van der Waals surface area (Å²) in [7, 11) is 0. The molecule has 4 nitrogen and oxygen atoms in total. The number of piperazine rings is 1. The minimum absolute atomic E-state index is 0.00575. The molecule has 0 aromatic heterocycles. The summed E-state index contributed by atoms with van der Waals surface area (Å²) in [6, 6.07) is 0.557. The number of nitrogens with zero attached hydrogens (tertiary/aromatic N) is 2. The smallest absolute Gasteiger partial charge is 0.224 e. The largest absolute Gasteiger partial charge is 0.340 e. The lowest BCUT2D eigenvalue weighted by Gasteiger charge is -2.38. The molecule has 1 heterocycles. The van der Waals surface area contributed by atoms with Gasteiger partial charge in [0.1, 0.15) is 0 Å². The van der Waals surface area contributed by atoms with Crippen LogP contribution in [0.5, 0.6) is 0 Å². The third-order valence-electron chi connectivity index (χ3n) is 4.39. The Morgan fingerprint density at radius 1 is 1.21 bits per heavy atom. The molecule has 2 atom stereocenters. The average molecular weight is 269 g/mol. The number of carbonyl (C=O) groups excluding carboxylic acids is 1. The van der Waals surface area contributed by atoms with Crippen molar-refractivity contribution in [3.8, 4) is 0 Å². The molecule has 1 fully saturated rings. The summed E-state index contributed by atoms with van der Waals surface area (Å²) < 4.78 is 0. The summed E-state index contributed by atoms with van der Waals surface area (Å²) in [6.45, 7) is 14.4. The molecule has 0 bridgehead atoms. The van der Waals surface area contributed by atoms with E-state index in [4.69, 9.17) is 5.73 Å². The van der Waals surface area contributed by atoms with Crippen molar-refractivity contribution >= 4 is 5.91 Å². The molecule has 2 unspecified atom stereocenters. The van der Waals surface area contributed by atoms with Gasteiger partial charge in [0.25, 0.3) is 0 Å². The summed E-state index contributed by atoms with van der Waals surface area (Å²) in [6.07, 6.45) is 1.63. The third kappa shape index (κ3) is 4.77. The summed E-state index contributed by atoms with van der Waals surface area (Å²) >= 11 is 0. The molecule has 0 aliphatic carbocycles. The Kier molecular flexibility index (Phi) is 5.81. The summed E-state index contributed by atoms with van der Waals surface area (Å²) in [5.74, 6) is 0.214. The second-order valence-electron chi connectivity index (χ2n) is 6.85. The van der Waals surface area contributed by atoms with Crippen LogP contribution in [-0.4, -0.2) is 54.0 Å². The molecule has 0 spiro atoms. The lowest BCUT2D eigenvalue weighted by Crippen LogP contribution is -2.52. The van der Waals surface area contributed by atoms with Crippen molar-refractivity contribution < 1.29 is 4.79 Å². The Hall–Kier alpha value is -0.610. The van der Waals surface area contributed by atoms with Crippen LogP contribution in [-0.2, 0) is 4.79 Å². The lowest BCUT2D eigenvalue weighted by atomic mass is 9.85. The Morgan fingerprint density at radius 3 is 2.16 bits per heavy atom. The van der Waals surface area contributed by atoms with Gasteiger partial charge in [-0.3, -0.25) is 9.69 Å². The quantitative estimate of drug-likeness (QED) is 0.845. The zero-order chi connectivity index (χ0) is 14.6. The van der Waals surface area contributed by atoms with Crippen LogP contribution in [0.4, 0.5) is 0 Å². The fraction of sp³-hybridized carbons (Fsp3) is 0.933. The molecule has 19 heavy (non-hydrogen) atoms. The van der Waals surface area contributed by atoms with E-state index in [0.29, 0.717) is 12.5 Å². The van der Waals surface area contributed by atoms with Crippen LogP contribution in [0.25, 0.3) is 0 Å². The monoisotopic (exact) mass is 269 g/mol. The molecule has 112 valence electrons. The van der Waals surface area contributed by atoms with Crippen LogP contribution in [0.1, 0.15) is 47.5 Å². The van der Waals surface area contributed by atoms with Gasteiger partial charge < -0.3 is 10.6 Å². The maximum absolute atomic E-state index is 12.2. The molecule has 2 N–H and O–H groups in total. The van der Waals surface area contributed by atoms with E-state index in [-0.39, 0.29) is 17.4 Å². The zero-order valence-electron chi connectivity index (χ0n) is 13.3. The summed E-state index contributed by atoms with van der Waals surface area (Å²) in [4.78, 5) is 16.7. The van der Waals surface area contributed by atoms with E-state index >= 15 is 0 Å². The number of hydrogen-bond acceptors (Lipinski definition) is 3. The SMILES string of the molecule is CCC(C)N1CCN(C(=O)CC(N)C(C)(C)C)CC1. The Morgan fingerprint density at radius 2 is 1.74 bits per heavy atom. The number of rotatable bonds is 4. The van der Waals surface area contributed by atoms with Gasteiger partial charge >= 0.3 is 0 Å². The first-order valence-electron chi connectivity index (χ1n) is 7.53. The zero-order valence-corrected chi connectivity index (χ0v) is 13.3. The highest BCUT2D eigenvalue weighted by Gasteiger charge is 2.28. The summed E-state index contributed by atoms with van der Waals surface area (Å²) in [5, 5.41) is 0. The van der Waals surface area contributed by atoms with Gasteiger partial charge in [0.2, 0.25) is 5.91 Å². The first-order chi connectivity index (χ1) is 8.75. The van der Waals surface area contributed by atoms with Gasteiger partial charge in [-0.05, 0) is 18.8 Å². The van der Waals surface area contributed by atoms with E-state index < -0.39 is 0 Å². The van der Waals surface area contributed by atoms with E-state index in [1.54, 1.807) is 0 Å². The predicted octanol–water partition coefficient (Wildman–Crippen LogP) is 1.69. The first-order valence-corrected chi connectivity index (χ1v) is 7.53. The molecule has 0 aromatic rings. The first kappa shape index (κ1) is 16.4. The van der Waals surface area contributed by atoms with Gasteiger partial charge in [-0.25, -0.2) is 0 Å². The fourth-order valence-corrected chi connectivity index (χ4v) is 2.29. The van der Waals surface area contributed by atoms with Crippen LogP contribution in [0.2, 0.25) is 0 Å². The second kappa shape index (κ2) is 6.71. The van der Waals surface area contributed by atoms with Gasteiger partial charge in [-0.15, -0.1) is 0 Å². The minimum atomic E-state index is -0.0624. The van der Waals surface area contributed by atoms with Crippen molar-refractivity contribution in [3.05, 3.63) is 0 Å². The van der Waals surface area contributed by atoms with Gasteiger partial charge in [-0.2, -0.15) is 0 Å². The second-order valence-corrected chi connectivity index (χ2v) is 6.85. The highest BCUT2D eigenvalue weighted by molar-refractivity contribution is 5.77.